The summed E-state index contributed by atoms with van der Waals surface area (Å²) in [5.41, 5.74) is 0. The molecule has 0 aromatic rings. The van der Waals surface area contributed by atoms with E-state index in [0.29, 0.717) is 0 Å². The van der Waals surface area contributed by atoms with Crippen LogP contribution in [-0.2, 0) is 9.59 Å². The van der Waals surface area contributed by atoms with Crippen molar-refractivity contribution < 1.29 is 19.8 Å². The average Bonchev–Trinajstić information content (AvgIpc) is 2.60. The van der Waals surface area contributed by atoms with Crippen molar-refractivity contribution in [2.24, 2.45) is 0 Å². The van der Waals surface area contributed by atoms with Crippen molar-refractivity contribution in [1.82, 2.24) is 0 Å². The Morgan fingerprint density at radius 1 is 0.680 bits per heavy atom. The van der Waals surface area contributed by atoms with E-state index in [-0.39, 0.29) is 0 Å². The van der Waals surface area contributed by atoms with E-state index < -0.39 is 50.1 Å². The number of carbonyl (C=O) groups is 2. The minimum atomic E-state index is -3.46. The molecule has 0 aliphatic heterocycles. The predicted octanol–water partition coefficient (Wildman–Crippen LogP) is 6.01. The Hall–Kier alpha value is 0.537. The summed E-state index contributed by atoms with van der Waals surface area (Å²) in [7, 11) is 0. The summed E-state index contributed by atoms with van der Waals surface area (Å²) in [6, 6.07) is 0. The molecule has 0 spiro atoms. The van der Waals surface area contributed by atoms with Gasteiger partial charge in [0.05, 0.1) is 0 Å². The van der Waals surface area contributed by atoms with Crippen LogP contribution < -0.4 is 0 Å². The summed E-state index contributed by atoms with van der Waals surface area (Å²) in [6.45, 7) is 12.6. The molecule has 0 saturated heterocycles. The van der Waals surface area contributed by atoms with Gasteiger partial charge in [0.2, 0.25) is 0 Å². The summed E-state index contributed by atoms with van der Waals surface area (Å²) < 4.78 is 3.89. The zero-order valence-corrected chi connectivity index (χ0v) is 23.0. The molecule has 6 heteroatoms. The van der Waals surface area contributed by atoms with Gasteiger partial charge in [-0.1, -0.05) is 0 Å². The van der Waals surface area contributed by atoms with E-state index in [9.17, 15) is 19.8 Å². The van der Waals surface area contributed by atoms with Crippen molar-refractivity contribution in [3.05, 3.63) is 0 Å². The first kappa shape index (κ1) is 25.5. The monoisotopic (exact) mass is 572 g/mol. The van der Waals surface area contributed by atoms with E-state index in [1.165, 1.54) is 0 Å². The molecule has 0 aliphatic carbocycles. The zero-order chi connectivity index (χ0) is 19.7. The van der Waals surface area contributed by atoms with Crippen molar-refractivity contribution in [3.63, 3.8) is 0 Å². The van der Waals surface area contributed by atoms with Gasteiger partial charge in [-0.25, -0.2) is 0 Å². The van der Waals surface area contributed by atoms with Gasteiger partial charge in [-0.2, -0.15) is 0 Å². The number of hydrogen-bond donors (Lipinski definition) is 2. The normalized spacial score (nSPS) is 13.0. The quantitative estimate of drug-likeness (QED) is 0.198. The van der Waals surface area contributed by atoms with E-state index in [2.05, 4.69) is 41.5 Å². The van der Waals surface area contributed by atoms with E-state index in [1.54, 1.807) is 0 Å². The Balaban J connectivity index is 6.80. The van der Waals surface area contributed by atoms with Gasteiger partial charge in [0, 0.05) is 0 Å². The van der Waals surface area contributed by atoms with Crippen molar-refractivity contribution in [2.75, 3.05) is 0 Å². The maximum atomic E-state index is 12.8. The zero-order valence-electron chi connectivity index (χ0n) is 17.3. The molecule has 25 heavy (non-hydrogen) atoms. The molecule has 0 aliphatic rings. The van der Waals surface area contributed by atoms with Crippen LogP contribution in [0.4, 0.5) is 0 Å². The van der Waals surface area contributed by atoms with Crippen LogP contribution in [0.1, 0.15) is 67.2 Å². The van der Waals surface area contributed by atoms with Crippen LogP contribution in [0.5, 0.6) is 0 Å². The summed E-state index contributed by atoms with van der Waals surface area (Å²) in [6.07, 6.45) is 4.01. The van der Waals surface area contributed by atoms with Gasteiger partial charge in [-0.15, -0.1) is 0 Å². The number of carboxylic acids is 2. The number of carboxylic acid groups (broad SMARTS) is 2. The molecule has 148 valence electrons. The molecule has 0 amide bonds. The fraction of sp³-hybridized carbons (Fsp3) is 0.895. The topological polar surface area (TPSA) is 74.6 Å². The average molecular weight is 570 g/mol. The Morgan fingerprint density at radius 2 is 0.960 bits per heavy atom. The van der Waals surface area contributed by atoms with E-state index in [4.69, 9.17) is 0 Å². The van der Waals surface area contributed by atoms with Crippen molar-refractivity contribution in [2.45, 2.75) is 95.3 Å². The van der Waals surface area contributed by atoms with Crippen molar-refractivity contribution >= 4 is 48.7 Å². The minimum absolute atomic E-state index is 0.842. The Bertz CT molecular complexity index is 389. The molecule has 2 N–H and O–H groups in total. The van der Waals surface area contributed by atoms with Crippen LogP contribution in [0, 0.1) is 0 Å². The van der Waals surface area contributed by atoms with E-state index >= 15 is 0 Å². The SMILES string of the molecule is CCC[CH2][Sn]([CH2]C)([CH2]C)[C](C(=O)O)(C(=O)O)[Sn]([CH2]C)([CH2]C)[CH2]CCC. The molecule has 0 unspecified atom stereocenters. The standard InChI is InChI=1S/2C4H9.C3H2O4.4C2H5.2Sn/c2*1-3-4-2;4-2(5)1-3(6)7;4*1-2;;/h2*1,3-4H2,2H3;(H,4,5)(H,6,7);4*1H2,2H3;;. The predicted molar refractivity (Wildman–Crippen MR) is 111 cm³/mol. The van der Waals surface area contributed by atoms with Crippen LogP contribution in [0.3, 0.4) is 0 Å². The molecule has 0 aromatic heterocycles. The fourth-order valence-electron chi connectivity index (χ4n) is 5.23. The third kappa shape index (κ3) is 4.52. The summed E-state index contributed by atoms with van der Waals surface area (Å²) in [5, 5.41) is 21.0. The Kier molecular flexibility index (Phi) is 11.6. The van der Waals surface area contributed by atoms with Crippen LogP contribution in [-0.4, -0.2) is 58.9 Å². The second kappa shape index (κ2) is 11.4. The Labute approximate surface area is 162 Å². The number of unbranched alkanes of at least 4 members (excludes halogenated alkanes) is 2. The fourth-order valence-corrected chi connectivity index (χ4v) is 74.5. The number of hydrogen-bond acceptors (Lipinski definition) is 2. The van der Waals surface area contributed by atoms with Gasteiger partial charge in [0.15, 0.2) is 0 Å². The number of aliphatic carboxylic acids is 2. The van der Waals surface area contributed by atoms with E-state index in [1.807, 2.05) is 0 Å². The van der Waals surface area contributed by atoms with Gasteiger partial charge in [-0.3, -0.25) is 0 Å². The maximum absolute atomic E-state index is 12.8. The van der Waals surface area contributed by atoms with E-state index in [0.717, 1.165) is 52.3 Å². The molecule has 0 rings (SSSR count). The first-order chi connectivity index (χ1) is 11.8. The number of rotatable bonds is 14. The summed E-state index contributed by atoms with van der Waals surface area (Å²) in [5.74, 6) is -1.91. The molecule has 0 radical (unpaired) electrons. The molecule has 0 bridgehead atoms. The third-order valence-electron chi connectivity index (χ3n) is 6.96. The second-order valence-electron chi connectivity index (χ2n) is 7.54. The van der Waals surface area contributed by atoms with Gasteiger partial charge >= 0.3 is 164 Å². The molecule has 0 fully saturated rings. The molecule has 0 heterocycles. The van der Waals surface area contributed by atoms with Gasteiger partial charge in [0.25, 0.3) is 0 Å². The van der Waals surface area contributed by atoms with Crippen LogP contribution in [0.15, 0.2) is 0 Å². The summed E-state index contributed by atoms with van der Waals surface area (Å²) >= 11 is -6.93. The van der Waals surface area contributed by atoms with Crippen LogP contribution in [0.25, 0.3) is 0 Å². The first-order valence-electron chi connectivity index (χ1n) is 10.2. The second-order valence-corrected chi connectivity index (χ2v) is 41.4. The molecular weight excluding hydrogens is 530 g/mol. The molecule has 0 atom stereocenters. The molecule has 4 nitrogen and oxygen atoms in total. The van der Waals surface area contributed by atoms with Crippen LogP contribution in [0.2, 0.25) is 28.1 Å². The Morgan fingerprint density at radius 3 is 1.12 bits per heavy atom. The third-order valence-corrected chi connectivity index (χ3v) is 61.7. The van der Waals surface area contributed by atoms with Gasteiger partial charge in [0.1, 0.15) is 0 Å². The summed E-state index contributed by atoms with van der Waals surface area (Å²) in [4.78, 5) is 25.7. The molecule has 0 aromatic carbocycles. The van der Waals surface area contributed by atoms with Crippen molar-refractivity contribution in [1.29, 1.82) is 0 Å². The van der Waals surface area contributed by atoms with Crippen molar-refractivity contribution in [3.8, 4) is 0 Å². The van der Waals surface area contributed by atoms with Crippen LogP contribution >= 0.6 is 0 Å². The molecule has 0 saturated carbocycles. The van der Waals surface area contributed by atoms with Gasteiger partial charge < -0.3 is 0 Å². The van der Waals surface area contributed by atoms with Gasteiger partial charge in [-0.05, 0) is 0 Å². The first-order valence-corrected chi connectivity index (χ1v) is 25.2. The molecular formula is C19H40O4Sn2.